The first-order chi connectivity index (χ1) is 8.60. The van der Waals surface area contributed by atoms with Gasteiger partial charge in [0.05, 0.1) is 24.3 Å². The molecule has 4 heteroatoms. The van der Waals surface area contributed by atoms with E-state index in [9.17, 15) is 4.79 Å². The van der Waals surface area contributed by atoms with Crippen LogP contribution in [0.25, 0.3) is 0 Å². The fraction of sp³-hybridized carbons (Fsp3) is 0.286. The van der Waals surface area contributed by atoms with E-state index in [-0.39, 0.29) is 5.91 Å². The Labute approximate surface area is 108 Å². The molecule has 0 aromatic carbocycles. The Morgan fingerprint density at radius 1 is 1.50 bits per heavy atom. The molecule has 1 rings (SSSR count). The highest BCUT2D eigenvalue weighted by Gasteiger charge is 2.10. The molecule has 0 radical (unpaired) electrons. The van der Waals surface area contributed by atoms with E-state index in [1.165, 1.54) is 0 Å². The highest BCUT2D eigenvalue weighted by Crippen LogP contribution is 2.09. The number of imidazole rings is 1. The van der Waals surface area contributed by atoms with Crippen LogP contribution in [-0.2, 0) is 24.3 Å². The highest BCUT2D eigenvalue weighted by atomic mass is 16.1. The van der Waals surface area contributed by atoms with Gasteiger partial charge >= 0.3 is 0 Å². The summed E-state index contributed by atoms with van der Waals surface area (Å²) in [4.78, 5) is 15.8. The van der Waals surface area contributed by atoms with Crippen molar-refractivity contribution in [2.75, 3.05) is 0 Å². The standard InChI is InChI=1S/C14H19N3O/c1-5-7-12-13(9-15-14(18)11(3)4)17(8-6-2)10-16-12/h5-6,10H,1-3,7-9H2,4H3,(H,15,18). The van der Waals surface area contributed by atoms with Crippen molar-refractivity contribution in [1.29, 1.82) is 0 Å². The molecule has 96 valence electrons. The second-order valence-corrected chi connectivity index (χ2v) is 4.03. The first-order valence-corrected chi connectivity index (χ1v) is 5.78. The number of rotatable bonds is 7. The Balaban J connectivity index is 2.85. The van der Waals surface area contributed by atoms with Gasteiger partial charge in [-0.1, -0.05) is 18.7 Å². The number of hydrogen-bond acceptors (Lipinski definition) is 2. The van der Waals surface area contributed by atoms with Gasteiger partial charge in [0, 0.05) is 18.5 Å². The molecule has 1 aromatic heterocycles. The van der Waals surface area contributed by atoms with Crippen LogP contribution in [0.4, 0.5) is 0 Å². The van der Waals surface area contributed by atoms with Crippen molar-refractivity contribution in [3.8, 4) is 0 Å². The van der Waals surface area contributed by atoms with E-state index in [2.05, 4.69) is 30.0 Å². The maximum absolute atomic E-state index is 11.5. The summed E-state index contributed by atoms with van der Waals surface area (Å²) in [6.45, 7) is 13.8. The average Bonchev–Trinajstić information content (AvgIpc) is 2.70. The lowest BCUT2D eigenvalue weighted by atomic mass is 10.2. The Morgan fingerprint density at radius 3 is 2.78 bits per heavy atom. The topological polar surface area (TPSA) is 46.9 Å². The van der Waals surface area contributed by atoms with Crippen LogP contribution in [0.5, 0.6) is 0 Å². The zero-order chi connectivity index (χ0) is 13.5. The first kappa shape index (κ1) is 14.0. The molecule has 0 spiro atoms. The number of hydrogen-bond donors (Lipinski definition) is 1. The molecule has 0 atom stereocenters. The second-order valence-electron chi connectivity index (χ2n) is 4.03. The third-order valence-corrected chi connectivity index (χ3v) is 2.50. The van der Waals surface area contributed by atoms with Gasteiger partial charge in [0.1, 0.15) is 0 Å². The largest absolute Gasteiger partial charge is 0.347 e. The van der Waals surface area contributed by atoms with Crippen molar-refractivity contribution in [1.82, 2.24) is 14.9 Å². The molecule has 1 heterocycles. The molecule has 0 saturated heterocycles. The van der Waals surface area contributed by atoms with Gasteiger partial charge in [0.2, 0.25) is 5.91 Å². The van der Waals surface area contributed by atoms with Crippen LogP contribution in [0.1, 0.15) is 18.3 Å². The molecule has 0 unspecified atom stereocenters. The Bertz CT molecular complexity index is 444. The highest BCUT2D eigenvalue weighted by molar-refractivity contribution is 5.91. The van der Waals surface area contributed by atoms with E-state index < -0.39 is 0 Å². The van der Waals surface area contributed by atoms with Gasteiger partial charge in [-0.05, 0) is 6.92 Å². The second kappa shape index (κ2) is 6.59. The Morgan fingerprint density at radius 2 is 2.22 bits per heavy atom. The van der Waals surface area contributed by atoms with Crippen LogP contribution in [0, 0.1) is 0 Å². The third kappa shape index (κ3) is 3.45. The SMILES string of the molecule is C=CCc1ncn(CC=C)c1CNC(=O)C(=C)C. The van der Waals surface area contributed by atoms with E-state index in [0.717, 1.165) is 11.4 Å². The number of nitrogens with one attached hydrogen (secondary N) is 1. The van der Waals surface area contributed by atoms with Gasteiger partial charge in [-0.25, -0.2) is 4.98 Å². The number of carbonyl (C=O) groups is 1. The quantitative estimate of drug-likeness (QED) is 0.590. The lowest BCUT2D eigenvalue weighted by Gasteiger charge is -2.09. The van der Waals surface area contributed by atoms with Gasteiger partial charge in [-0.15, -0.1) is 13.2 Å². The number of carbonyl (C=O) groups excluding carboxylic acids is 1. The van der Waals surface area contributed by atoms with Crippen molar-refractivity contribution in [2.45, 2.75) is 26.4 Å². The Kier molecular flexibility index (Phi) is 5.11. The fourth-order valence-corrected chi connectivity index (χ4v) is 1.57. The molecular formula is C14H19N3O. The van der Waals surface area contributed by atoms with Crippen molar-refractivity contribution < 1.29 is 4.79 Å². The minimum absolute atomic E-state index is 0.147. The summed E-state index contributed by atoms with van der Waals surface area (Å²) in [6.07, 6.45) is 6.03. The monoisotopic (exact) mass is 245 g/mol. The predicted molar refractivity (Wildman–Crippen MR) is 73.0 cm³/mol. The van der Waals surface area contributed by atoms with Gasteiger partial charge in [0.15, 0.2) is 0 Å². The number of allylic oxidation sites excluding steroid dienone is 2. The summed E-state index contributed by atoms with van der Waals surface area (Å²) in [7, 11) is 0. The maximum Gasteiger partial charge on any atom is 0.246 e. The van der Waals surface area contributed by atoms with E-state index in [1.54, 1.807) is 25.4 Å². The van der Waals surface area contributed by atoms with Crippen molar-refractivity contribution in [3.63, 3.8) is 0 Å². The zero-order valence-electron chi connectivity index (χ0n) is 10.8. The summed E-state index contributed by atoms with van der Waals surface area (Å²) in [5.74, 6) is -0.147. The third-order valence-electron chi connectivity index (χ3n) is 2.50. The summed E-state index contributed by atoms with van der Waals surface area (Å²) in [5.41, 5.74) is 2.40. The van der Waals surface area contributed by atoms with E-state index in [1.807, 2.05) is 4.57 Å². The molecule has 18 heavy (non-hydrogen) atoms. The molecule has 0 aliphatic heterocycles. The molecule has 0 saturated carbocycles. The van der Waals surface area contributed by atoms with Gasteiger partial charge in [-0.2, -0.15) is 0 Å². The average molecular weight is 245 g/mol. The lowest BCUT2D eigenvalue weighted by Crippen LogP contribution is -2.25. The van der Waals surface area contributed by atoms with E-state index in [4.69, 9.17) is 0 Å². The molecule has 0 bridgehead atoms. The van der Waals surface area contributed by atoms with E-state index in [0.29, 0.717) is 25.1 Å². The number of aromatic nitrogens is 2. The number of amides is 1. The molecule has 1 aromatic rings. The smallest absolute Gasteiger partial charge is 0.246 e. The maximum atomic E-state index is 11.5. The van der Waals surface area contributed by atoms with Crippen LogP contribution in [-0.4, -0.2) is 15.5 Å². The lowest BCUT2D eigenvalue weighted by molar-refractivity contribution is -0.117. The molecular weight excluding hydrogens is 226 g/mol. The van der Waals surface area contributed by atoms with Crippen LogP contribution in [0.2, 0.25) is 0 Å². The molecule has 0 fully saturated rings. The first-order valence-electron chi connectivity index (χ1n) is 5.78. The summed E-state index contributed by atoms with van der Waals surface area (Å²) in [6, 6.07) is 0. The fourth-order valence-electron chi connectivity index (χ4n) is 1.57. The van der Waals surface area contributed by atoms with Gasteiger partial charge < -0.3 is 9.88 Å². The number of nitrogens with zero attached hydrogens (tertiary/aromatic N) is 2. The molecule has 0 aliphatic carbocycles. The van der Waals surface area contributed by atoms with Crippen molar-refractivity contribution in [3.05, 3.63) is 55.2 Å². The molecule has 0 aliphatic rings. The molecule has 1 N–H and O–H groups in total. The summed E-state index contributed by atoms with van der Waals surface area (Å²) in [5, 5.41) is 2.81. The summed E-state index contributed by atoms with van der Waals surface area (Å²) >= 11 is 0. The van der Waals surface area contributed by atoms with Gasteiger partial charge in [0.25, 0.3) is 0 Å². The van der Waals surface area contributed by atoms with Crippen molar-refractivity contribution >= 4 is 5.91 Å². The summed E-state index contributed by atoms with van der Waals surface area (Å²) < 4.78 is 1.96. The van der Waals surface area contributed by atoms with Crippen LogP contribution in [0.3, 0.4) is 0 Å². The molecule has 1 amide bonds. The van der Waals surface area contributed by atoms with Crippen LogP contribution < -0.4 is 5.32 Å². The van der Waals surface area contributed by atoms with Crippen LogP contribution >= 0.6 is 0 Å². The Hall–Kier alpha value is -2.10. The van der Waals surface area contributed by atoms with E-state index >= 15 is 0 Å². The van der Waals surface area contributed by atoms with Gasteiger partial charge in [-0.3, -0.25) is 4.79 Å². The zero-order valence-corrected chi connectivity index (χ0v) is 10.8. The minimum atomic E-state index is -0.147. The predicted octanol–water partition coefficient (Wildman–Crippen LogP) is 1.99. The minimum Gasteiger partial charge on any atom is -0.347 e. The van der Waals surface area contributed by atoms with Crippen LogP contribution in [0.15, 0.2) is 43.8 Å². The normalized spacial score (nSPS) is 9.83. The van der Waals surface area contributed by atoms with Crippen molar-refractivity contribution in [2.24, 2.45) is 0 Å². The molecule has 4 nitrogen and oxygen atoms in total.